The Hall–Kier alpha value is -3.58. The molecule has 0 unspecified atom stereocenters. The molecule has 0 saturated heterocycles. The SMILES string of the molecule is COc1ccc(Cc2c(OC)nc3ccc(-c4nc(-c5ccc(Cl)cc5)n(C)c4CO)cc3c2Cl)cc1. The van der Waals surface area contributed by atoms with Crippen LogP contribution in [0.5, 0.6) is 11.6 Å². The van der Waals surface area contributed by atoms with E-state index in [1.165, 1.54) is 0 Å². The number of hydrogen-bond acceptors (Lipinski definition) is 5. The van der Waals surface area contributed by atoms with Crippen LogP contribution in [0.3, 0.4) is 0 Å². The van der Waals surface area contributed by atoms with E-state index in [1.54, 1.807) is 14.2 Å². The van der Waals surface area contributed by atoms with Gasteiger partial charge in [-0.3, -0.25) is 0 Å². The number of fused-ring (bicyclic) bond motifs is 1. The third-order valence-corrected chi connectivity index (χ3v) is 7.13. The van der Waals surface area contributed by atoms with Crippen LogP contribution in [0.4, 0.5) is 0 Å². The van der Waals surface area contributed by atoms with Crippen LogP contribution in [-0.2, 0) is 20.1 Å². The third kappa shape index (κ3) is 4.76. The Bertz CT molecular complexity index is 1580. The molecule has 2 heterocycles. The molecule has 0 saturated carbocycles. The second-order valence-electron chi connectivity index (χ2n) is 8.63. The molecule has 188 valence electrons. The molecule has 2 aromatic heterocycles. The first-order valence-electron chi connectivity index (χ1n) is 11.6. The topological polar surface area (TPSA) is 69.4 Å². The van der Waals surface area contributed by atoms with Crippen molar-refractivity contribution in [3.8, 4) is 34.3 Å². The van der Waals surface area contributed by atoms with Gasteiger partial charge in [0.2, 0.25) is 5.88 Å². The minimum atomic E-state index is -0.165. The van der Waals surface area contributed by atoms with E-state index >= 15 is 0 Å². The number of pyridine rings is 1. The summed E-state index contributed by atoms with van der Waals surface area (Å²) in [6.45, 7) is -0.165. The molecule has 0 fully saturated rings. The maximum atomic E-state index is 10.2. The number of aromatic nitrogens is 3. The fraction of sp³-hybridized carbons (Fsp3) is 0.172. The summed E-state index contributed by atoms with van der Waals surface area (Å²) in [6.07, 6.45) is 0.547. The number of aliphatic hydroxyl groups is 1. The number of benzene rings is 3. The number of nitrogens with zero attached hydrogens (tertiary/aromatic N) is 3. The van der Waals surface area contributed by atoms with Crippen LogP contribution < -0.4 is 9.47 Å². The van der Waals surface area contributed by atoms with Crippen molar-refractivity contribution in [2.45, 2.75) is 13.0 Å². The van der Waals surface area contributed by atoms with Crippen LogP contribution in [-0.4, -0.2) is 33.9 Å². The van der Waals surface area contributed by atoms with Crippen molar-refractivity contribution in [2.24, 2.45) is 7.05 Å². The lowest BCUT2D eigenvalue weighted by Gasteiger charge is -2.14. The van der Waals surface area contributed by atoms with Crippen LogP contribution in [0.25, 0.3) is 33.5 Å². The van der Waals surface area contributed by atoms with E-state index in [-0.39, 0.29) is 6.61 Å². The summed E-state index contributed by atoms with van der Waals surface area (Å²) in [5, 5.41) is 12.2. The molecule has 0 bridgehead atoms. The van der Waals surface area contributed by atoms with Crippen LogP contribution in [0.1, 0.15) is 16.8 Å². The first-order valence-corrected chi connectivity index (χ1v) is 12.4. The first kappa shape index (κ1) is 25.1. The highest BCUT2D eigenvalue weighted by Gasteiger charge is 2.20. The summed E-state index contributed by atoms with van der Waals surface area (Å²) in [4.78, 5) is 9.61. The summed E-state index contributed by atoms with van der Waals surface area (Å²) in [7, 11) is 5.12. The number of rotatable bonds is 7. The maximum Gasteiger partial charge on any atom is 0.218 e. The van der Waals surface area contributed by atoms with Gasteiger partial charge in [-0.05, 0) is 54.1 Å². The molecule has 0 aliphatic carbocycles. The molecule has 0 amide bonds. The summed E-state index contributed by atoms with van der Waals surface area (Å²) in [5.41, 5.74) is 5.67. The lowest BCUT2D eigenvalue weighted by molar-refractivity contribution is 0.273. The van der Waals surface area contributed by atoms with Gasteiger partial charge in [-0.15, -0.1) is 0 Å². The molecular formula is C29H25Cl2N3O3. The Morgan fingerprint density at radius 3 is 2.22 bits per heavy atom. The standard InChI is InChI=1S/C29H25Cl2N3O3/c1-34-25(16-35)27(33-28(34)18-6-9-20(30)10-7-18)19-8-13-24-22(15-19)26(31)23(29(32-24)37-3)14-17-4-11-21(36-2)12-5-17/h4-13,15,35H,14,16H2,1-3H3. The Morgan fingerprint density at radius 1 is 0.865 bits per heavy atom. The minimum absolute atomic E-state index is 0.165. The van der Waals surface area contributed by atoms with Gasteiger partial charge in [-0.25, -0.2) is 9.97 Å². The Kier molecular flexibility index (Phi) is 7.07. The molecule has 1 N–H and O–H groups in total. The third-order valence-electron chi connectivity index (χ3n) is 6.45. The van der Waals surface area contributed by atoms with Crippen molar-refractivity contribution in [1.82, 2.24) is 14.5 Å². The van der Waals surface area contributed by atoms with Crippen molar-refractivity contribution in [3.63, 3.8) is 0 Å². The molecule has 0 aliphatic heterocycles. The van der Waals surface area contributed by atoms with E-state index in [1.807, 2.05) is 78.3 Å². The predicted octanol–water partition coefficient (Wildman–Crippen LogP) is 6.71. The average molecular weight is 534 g/mol. The van der Waals surface area contributed by atoms with Crippen molar-refractivity contribution in [2.75, 3.05) is 14.2 Å². The fourth-order valence-corrected chi connectivity index (χ4v) is 4.89. The highest BCUT2D eigenvalue weighted by atomic mass is 35.5. The highest BCUT2D eigenvalue weighted by Crippen LogP contribution is 2.37. The predicted molar refractivity (Wildman–Crippen MR) is 148 cm³/mol. The molecule has 0 radical (unpaired) electrons. The van der Waals surface area contributed by atoms with E-state index in [4.69, 9.17) is 42.6 Å². The molecule has 8 heteroatoms. The molecule has 3 aromatic carbocycles. The van der Waals surface area contributed by atoms with Gasteiger partial charge < -0.3 is 19.1 Å². The maximum absolute atomic E-state index is 10.2. The highest BCUT2D eigenvalue weighted by molar-refractivity contribution is 6.36. The summed E-state index contributed by atoms with van der Waals surface area (Å²) in [5.74, 6) is 2.01. The van der Waals surface area contributed by atoms with E-state index in [0.717, 1.165) is 39.2 Å². The first-order chi connectivity index (χ1) is 17.9. The number of imidazole rings is 1. The average Bonchev–Trinajstić information content (AvgIpc) is 3.26. The van der Waals surface area contributed by atoms with Gasteiger partial charge in [0.25, 0.3) is 0 Å². The molecule has 5 rings (SSSR count). The largest absolute Gasteiger partial charge is 0.497 e. The van der Waals surface area contributed by atoms with Gasteiger partial charge in [0.1, 0.15) is 11.6 Å². The zero-order chi connectivity index (χ0) is 26.1. The minimum Gasteiger partial charge on any atom is -0.497 e. The van der Waals surface area contributed by atoms with Gasteiger partial charge in [0, 0.05) is 40.6 Å². The lowest BCUT2D eigenvalue weighted by atomic mass is 10.0. The molecular weight excluding hydrogens is 509 g/mol. The van der Waals surface area contributed by atoms with Crippen molar-refractivity contribution in [3.05, 3.63) is 93.6 Å². The second-order valence-corrected chi connectivity index (χ2v) is 9.44. The zero-order valence-electron chi connectivity index (χ0n) is 20.6. The van der Waals surface area contributed by atoms with Gasteiger partial charge in [0.15, 0.2) is 0 Å². The zero-order valence-corrected chi connectivity index (χ0v) is 22.1. The smallest absolute Gasteiger partial charge is 0.218 e. The van der Waals surface area contributed by atoms with Gasteiger partial charge >= 0.3 is 0 Å². The van der Waals surface area contributed by atoms with Crippen molar-refractivity contribution in [1.29, 1.82) is 0 Å². The van der Waals surface area contributed by atoms with E-state index in [0.29, 0.717) is 39.3 Å². The lowest BCUT2D eigenvalue weighted by Crippen LogP contribution is -2.00. The number of halogens is 2. The summed E-state index contributed by atoms with van der Waals surface area (Å²) < 4.78 is 12.8. The van der Waals surface area contributed by atoms with Crippen LogP contribution in [0.2, 0.25) is 10.0 Å². The molecule has 5 aromatic rings. The Morgan fingerprint density at radius 2 is 1.57 bits per heavy atom. The van der Waals surface area contributed by atoms with E-state index < -0.39 is 0 Å². The van der Waals surface area contributed by atoms with Gasteiger partial charge in [-0.1, -0.05) is 41.4 Å². The quantitative estimate of drug-likeness (QED) is 0.251. The monoisotopic (exact) mass is 533 g/mol. The number of hydrogen-bond donors (Lipinski definition) is 1. The molecule has 37 heavy (non-hydrogen) atoms. The van der Waals surface area contributed by atoms with E-state index in [2.05, 4.69) is 0 Å². The Balaban J connectivity index is 1.61. The number of methoxy groups -OCH3 is 2. The molecule has 0 spiro atoms. The van der Waals surface area contributed by atoms with Crippen molar-refractivity contribution >= 4 is 34.1 Å². The molecule has 0 aliphatic rings. The molecule has 6 nitrogen and oxygen atoms in total. The number of aliphatic hydroxyl groups excluding tert-OH is 1. The van der Waals surface area contributed by atoms with Crippen LogP contribution in [0, 0.1) is 0 Å². The summed E-state index contributed by atoms with van der Waals surface area (Å²) in [6, 6.07) is 21.1. The van der Waals surface area contributed by atoms with Crippen LogP contribution >= 0.6 is 23.2 Å². The van der Waals surface area contributed by atoms with Crippen LogP contribution in [0.15, 0.2) is 66.7 Å². The van der Waals surface area contributed by atoms with E-state index in [9.17, 15) is 5.11 Å². The van der Waals surface area contributed by atoms with Gasteiger partial charge in [-0.2, -0.15) is 0 Å². The second kappa shape index (κ2) is 10.4. The number of ether oxygens (including phenoxy) is 2. The Labute approximate surface area is 225 Å². The molecule has 0 atom stereocenters. The normalized spacial score (nSPS) is 11.2. The summed E-state index contributed by atoms with van der Waals surface area (Å²) >= 11 is 13.0. The van der Waals surface area contributed by atoms with Crippen molar-refractivity contribution < 1.29 is 14.6 Å². The van der Waals surface area contributed by atoms with Gasteiger partial charge in [0.05, 0.1) is 42.8 Å². The fourth-order valence-electron chi connectivity index (χ4n) is 4.46.